The molecule has 2 unspecified atom stereocenters. The molecule has 0 saturated carbocycles. The molecule has 2 atom stereocenters. The minimum Gasteiger partial charge on any atom is -0.289 e. The molecule has 0 aromatic heterocycles. The zero-order valence-corrected chi connectivity index (χ0v) is 42.7. The lowest BCUT2D eigenvalue weighted by Crippen LogP contribution is -2.20. The highest BCUT2D eigenvalue weighted by Gasteiger charge is 2.28. The number of hydrogen-bond acceptors (Lipinski definition) is 2. The van der Waals surface area contributed by atoms with Crippen LogP contribution in [0.1, 0.15) is 239 Å². The van der Waals surface area contributed by atoms with Crippen molar-refractivity contribution in [3.63, 3.8) is 0 Å². The van der Waals surface area contributed by atoms with E-state index in [2.05, 4.69) is 125 Å². The van der Waals surface area contributed by atoms with Crippen molar-refractivity contribution in [2.24, 2.45) is 11.8 Å². The van der Waals surface area contributed by atoms with Crippen molar-refractivity contribution in [1.29, 1.82) is 0 Å². The van der Waals surface area contributed by atoms with E-state index in [-0.39, 0.29) is 11.6 Å². The predicted octanol–water partition coefficient (Wildman–Crippen LogP) is 19.4. The van der Waals surface area contributed by atoms with Crippen molar-refractivity contribution < 1.29 is 9.59 Å². The normalized spacial score (nSPS) is 15.9. The van der Waals surface area contributed by atoms with E-state index in [0.717, 1.165) is 50.4 Å². The maximum Gasteiger partial charge on any atom is 0.190 e. The van der Waals surface area contributed by atoms with Gasteiger partial charge in [0.15, 0.2) is 11.6 Å². The number of rotatable bonds is 31. The Morgan fingerprint density at radius 1 is 0.429 bits per heavy atom. The van der Waals surface area contributed by atoms with E-state index in [4.69, 9.17) is 0 Å². The lowest BCUT2D eigenvalue weighted by atomic mass is 9.83. The van der Waals surface area contributed by atoms with E-state index < -0.39 is 0 Å². The number of ketones is 2. The van der Waals surface area contributed by atoms with Crippen LogP contribution in [0.25, 0.3) is 0 Å². The van der Waals surface area contributed by atoms with Crippen molar-refractivity contribution in [2.45, 2.75) is 218 Å². The monoisotopic (exact) mass is 857 g/mol. The average molecular weight is 857 g/mol. The smallest absolute Gasteiger partial charge is 0.190 e. The van der Waals surface area contributed by atoms with Gasteiger partial charge in [0, 0.05) is 22.3 Å². The molecule has 0 heterocycles. The molecule has 1 aliphatic rings. The van der Waals surface area contributed by atoms with Gasteiger partial charge in [-0.1, -0.05) is 157 Å². The van der Waals surface area contributed by atoms with Gasteiger partial charge in [-0.2, -0.15) is 0 Å². The van der Waals surface area contributed by atoms with Gasteiger partial charge in [-0.05, 0) is 190 Å². The van der Waals surface area contributed by atoms with Gasteiger partial charge in [-0.3, -0.25) is 9.59 Å². The number of Topliss-reactive ketones (excluding diaryl/α,β-unsaturated/α-hetero) is 2. The average Bonchev–Trinajstić information content (AvgIpc) is 3.22. The molecule has 1 aromatic carbocycles. The van der Waals surface area contributed by atoms with Crippen molar-refractivity contribution in [3.8, 4) is 0 Å². The van der Waals surface area contributed by atoms with E-state index in [1.807, 2.05) is 12.1 Å². The molecular formula is C61H92O2. The first-order chi connectivity index (χ1) is 30.1. The van der Waals surface area contributed by atoms with Crippen molar-refractivity contribution >= 4 is 11.6 Å². The third kappa shape index (κ3) is 24.8. The Hall–Kier alpha value is -3.78. The predicted molar refractivity (Wildman–Crippen MR) is 279 cm³/mol. The molecule has 1 aliphatic carbocycles. The van der Waals surface area contributed by atoms with Crippen LogP contribution in [0.5, 0.6) is 0 Å². The summed E-state index contributed by atoms with van der Waals surface area (Å²) < 4.78 is 0. The van der Waals surface area contributed by atoms with E-state index in [0.29, 0.717) is 28.7 Å². The van der Waals surface area contributed by atoms with Crippen LogP contribution in [0.2, 0.25) is 0 Å². The molecule has 0 saturated heterocycles. The number of carbonyl (C=O) groups excluding carboxylic acids is 2. The number of hydrogen-bond donors (Lipinski definition) is 0. The fourth-order valence-electron chi connectivity index (χ4n) is 8.55. The van der Waals surface area contributed by atoms with Crippen LogP contribution in [-0.4, -0.2) is 11.6 Å². The molecule has 348 valence electrons. The summed E-state index contributed by atoms with van der Waals surface area (Å²) in [5.74, 6) is 1.51. The lowest BCUT2D eigenvalue weighted by Gasteiger charge is -2.18. The second-order valence-corrected chi connectivity index (χ2v) is 20.0. The minimum atomic E-state index is -0.00908. The SMILES string of the molecule is CC(C)=CCC/C(C)=C/CC/C(C)=C/CC/C(C)=C/CC/C(C)=C/CC/C(C)=C/CC/C(C)=C/CCC(C)CCCC(C)CCC/C(C)=C/CC1=C(C)C(=O)c2ccccc2C1=O. The first kappa shape index (κ1) is 55.4. The summed E-state index contributed by atoms with van der Waals surface area (Å²) in [5, 5.41) is 0. The number of allylic oxidation sites excluding steroid dienone is 18. The standard InChI is InChI=1S/C61H92O2/c1-46(2)24-15-25-47(3)26-16-27-48(4)28-17-29-49(5)30-18-31-50(6)32-19-33-51(7)34-20-35-52(8)36-21-37-53(9)38-22-39-54(10)40-23-41-55(11)44-45-57-56(12)60(62)58-42-13-14-43-59(58)61(57)63/h13-14,24,26,28,30,32,34,36,42-44,53-54H,15-23,25,27,29,31,33,35,37-41,45H2,1-12H3/b47-26+,48-28+,49-30+,50-32+,51-34+,52-36+,55-44+. The Labute approximate surface area is 389 Å². The number of benzene rings is 1. The van der Waals surface area contributed by atoms with Gasteiger partial charge in [0.05, 0.1) is 0 Å². The highest BCUT2D eigenvalue weighted by Crippen LogP contribution is 2.29. The van der Waals surface area contributed by atoms with Gasteiger partial charge in [-0.15, -0.1) is 0 Å². The first-order valence-corrected chi connectivity index (χ1v) is 25.2. The van der Waals surface area contributed by atoms with Gasteiger partial charge in [0.25, 0.3) is 0 Å². The van der Waals surface area contributed by atoms with E-state index in [9.17, 15) is 9.59 Å². The summed E-state index contributed by atoms with van der Waals surface area (Å²) in [6.07, 6.45) is 43.7. The third-order valence-electron chi connectivity index (χ3n) is 13.2. The molecular weight excluding hydrogens is 765 g/mol. The third-order valence-corrected chi connectivity index (χ3v) is 13.2. The molecule has 0 spiro atoms. The van der Waals surface area contributed by atoms with Gasteiger partial charge in [0.1, 0.15) is 0 Å². The van der Waals surface area contributed by atoms with Crippen molar-refractivity contribution in [2.75, 3.05) is 0 Å². The van der Waals surface area contributed by atoms with Crippen molar-refractivity contribution in [1.82, 2.24) is 0 Å². The second-order valence-electron chi connectivity index (χ2n) is 20.0. The molecule has 2 heteroatoms. The molecule has 0 aliphatic heterocycles. The van der Waals surface area contributed by atoms with E-state index in [1.54, 1.807) is 19.1 Å². The van der Waals surface area contributed by atoms with Crippen LogP contribution >= 0.6 is 0 Å². The Morgan fingerprint density at radius 2 is 0.778 bits per heavy atom. The fraction of sp³-hybridized carbons (Fsp3) is 0.574. The molecule has 63 heavy (non-hydrogen) atoms. The van der Waals surface area contributed by atoms with Gasteiger partial charge >= 0.3 is 0 Å². The van der Waals surface area contributed by atoms with Crippen LogP contribution in [0.3, 0.4) is 0 Å². The summed E-state index contributed by atoms with van der Waals surface area (Å²) in [6.45, 7) is 27.0. The summed E-state index contributed by atoms with van der Waals surface area (Å²) in [5.41, 5.74) is 14.2. The van der Waals surface area contributed by atoms with Crippen LogP contribution in [-0.2, 0) is 0 Å². The second kappa shape index (κ2) is 32.0. The molecule has 0 fully saturated rings. The highest BCUT2D eigenvalue weighted by molar-refractivity contribution is 6.26. The number of fused-ring (bicyclic) bond motifs is 1. The molecule has 0 N–H and O–H groups in total. The maximum atomic E-state index is 13.1. The van der Waals surface area contributed by atoms with Gasteiger partial charge in [-0.25, -0.2) is 0 Å². The zero-order valence-electron chi connectivity index (χ0n) is 42.7. The topological polar surface area (TPSA) is 34.1 Å². The first-order valence-electron chi connectivity index (χ1n) is 25.2. The van der Waals surface area contributed by atoms with Crippen LogP contribution in [0, 0.1) is 11.8 Å². The quantitative estimate of drug-likeness (QED) is 0.0697. The van der Waals surface area contributed by atoms with Gasteiger partial charge in [0.2, 0.25) is 0 Å². The highest BCUT2D eigenvalue weighted by atomic mass is 16.1. The largest absolute Gasteiger partial charge is 0.289 e. The van der Waals surface area contributed by atoms with Crippen molar-refractivity contribution in [3.05, 3.63) is 140 Å². The summed E-state index contributed by atoms with van der Waals surface area (Å²) >= 11 is 0. The van der Waals surface area contributed by atoms with Crippen LogP contribution in [0.15, 0.2) is 129 Å². The Morgan fingerprint density at radius 3 is 1.21 bits per heavy atom. The Bertz CT molecular complexity index is 1850. The minimum absolute atomic E-state index is 0.00860. The fourth-order valence-corrected chi connectivity index (χ4v) is 8.55. The molecule has 0 radical (unpaired) electrons. The molecule has 1 aromatic rings. The number of carbonyl (C=O) groups is 2. The van der Waals surface area contributed by atoms with Crippen LogP contribution in [0.4, 0.5) is 0 Å². The Kier molecular flexibility index (Phi) is 28.1. The molecule has 0 amide bonds. The Balaban J connectivity index is 1.53. The van der Waals surface area contributed by atoms with E-state index in [1.165, 1.54) is 134 Å². The maximum absolute atomic E-state index is 13.1. The van der Waals surface area contributed by atoms with Gasteiger partial charge < -0.3 is 0 Å². The molecule has 2 nitrogen and oxygen atoms in total. The summed E-state index contributed by atoms with van der Waals surface area (Å²) in [6, 6.07) is 7.21. The van der Waals surface area contributed by atoms with E-state index >= 15 is 0 Å². The zero-order chi connectivity index (χ0) is 46.6. The summed E-state index contributed by atoms with van der Waals surface area (Å²) in [7, 11) is 0. The molecule has 0 bridgehead atoms. The summed E-state index contributed by atoms with van der Waals surface area (Å²) in [4.78, 5) is 25.9. The molecule has 2 rings (SSSR count). The lowest BCUT2D eigenvalue weighted by molar-refractivity contribution is 0.0973. The van der Waals surface area contributed by atoms with Crippen LogP contribution < -0.4 is 0 Å².